The standard InChI is InChI=1S/C13H24N4O2/c1-15(2)12(18)10-16-5-7-17(8-6-16)13(19)11-3-4-14-9-11/h11,14H,3-10H2,1-2H3. The van der Waals surface area contributed by atoms with Crippen molar-refractivity contribution in [2.45, 2.75) is 6.42 Å². The molecule has 2 amide bonds. The molecule has 2 rings (SSSR count). The zero-order chi connectivity index (χ0) is 13.8. The number of likely N-dealkylation sites (N-methyl/N-ethyl adjacent to an activating group) is 1. The summed E-state index contributed by atoms with van der Waals surface area (Å²) >= 11 is 0. The van der Waals surface area contributed by atoms with Crippen LogP contribution in [-0.4, -0.2) is 86.4 Å². The highest BCUT2D eigenvalue weighted by Crippen LogP contribution is 2.13. The molecule has 0 aromatic heterocycles. The summed E-state index contributed by atoms with van der Waals surface area (Å²) in [5, 5.41) is 3.23. The summed E-state index contributed by atoms with van der Waals surface area (Å²) in [7, 11) is 3.55. The number of nitrogens with zero attached hydrogens (tertiary/aromatic N) is 3. The Morgan fingerprint density at radius 1 is 1.21 bits per heavy atom. The Bertz CT molecular complexity index is 332. The molecule has 6 heteroatoms. The summed E-state index contributed by atoms with van der Waals surface area (Å²) in [6.45, 7) is 5.31. The zero-order valence-corrected chi connectivity index (χ0v) is 11.9. The van der Waals surface area contributed by atoms with Gasteiger partial charge in [0.05, 0.1) is 12.5 Å². The molecule has 2 heterocycles. The van der Waals surface area contributed by atoms with Crippen LogP contribution in [0.25, 0.3) is 0 Å². The van der Waals surface area contributed by atoms with E-state index in [1.807, 2.05) is 4.90 Å². The van der Waals surface area contributed by atoms with E-state index in [1.54, 1.807) is 19.0 Å². The molecular formula is C13H24N4O2. The van der Waals surface area contributed by atoms with Crippen molar-refractivity contribution < 1.29 is 9.59 Å². The molecule has 1 N–H and O–H groups in total. The highest BCUT2D eigenvalue weighted by atomic mass is 16.2. The summed E-state index contributed by atoms with van der Waals surface area (Å²) in [5.41, 5.74) is 0. The lowest BCUT2D eigenvalue weighted by atomic mass is 10.1. The number of carbonyl (C=O) groups excluding carboxylic acids is 2. The van der Waals surface area contributed by atoms with Gasteiger partial charge in [-0.15, -0.1) is 0 Å². The molecule has 0 saturated carbocycles. The molecule has 108 valence electrons. The van der Waals surface area contributed by atoms with E-state index in [-0.39, 0.29) is 17.7 Å². The molecule has 19 heavy (non-hydrogen) atoms. The van der Waals surface area contributed by atoms with E-state index in [0.29, 0.717) is 6.54 Å². The normalized spacial score (nSPS) is 24.5. The number of rotatable bonds is 3. The minimum absolute atomic E-state index is 0.125. The van der Waals surface area contributed by atoms with Gasteiger partial charge in [0.2, 0.25) is 11.8 Å². The third kappa shape index (κ3) is 3.67. The fraction of sp³-hybridized carbons (Fsp3) is 0.846. The second-order valence-electron chi connectivity index (χ2n) is 5.58. The highest BCUT2D eigenvalue weighted by Gasteiger charge is 2.29. The van der Waals surface area contributed by atoms with Crippen LogP contribution in [0.2, 0.25) is 0 Å². The van der Waals surface area contributed by atoms with E-state index in [2.05, 4.69) is 10.2 Å². The minimum atomic E-state index is 0.125. The van der Waals surface area contributed by atoms with Crippen LogP contribution in [0, 0.1) is 5.92 Å². The van der Waals surface area contributed by atoms with Crippen LogP contribution in [0.4, 0.5) is 0 Å². The molecule has 1 atom stereocenters. The largest absolute Gasteiger partial charge is 0.348 e. The van der Waals surface area contributed by atoms with Crippen LogP contribution in [0.3, 0.4) is 0 Å². The van der Waals surface area contributed by atoms with Crippen LogP contribution < -0.4 is 5.32 Å². The maximum atomic E-state index is 12.2. The third-order valence-corrected chi connectivity index (χ3v) is 3.95. The van der Waals surface area contributed by atoms with Crippen molar-refractivity contribution in [1.82, 2.24) is 20.0 Å². The summed E-state index contributed by atoms with van der Waals surface area (Å²) in [5.74, 6) is 0.568. The van der Waals surface area contributed by atoms with E-state index >= 15 is 0 Å². The number of hydrogen-bond acceptors (Lipinski definition) is 4. The Balaban J connectivity index is 1.75. The quantitative estimate of drug-likeness (QED) is 0.701. The minimum Gasteiger partial charge on any atom is -0.348 e. The van der Waals surface area contributed by atoms with E-state index < -0.39 is 0 Å². The van der Waals surface area contributed by atoms with Crippen molar-refractivity contribution in [3.63, 3.8) is 0 Å². The Labute approximate surface area is 114 Å². The molecule has 2 aliphatic heterocycles. The first-order valence-electron chi connectivity index (χ1n) is 7.00. The van der Waals surface area contributed by atoms with E-state index in [1.165, 1.54) is 0 Å². The summed E-state index contributed by atoms with van der Waals surface area (Å²) in [6.07, 6.45) is 0.957. The van der Waals surface area contributed by atoms with Gasteiger partial charge in [-0.1, -0.05) is 0 Å². The maximum absolute atomic E-state index is 12.2. The van der Waals surface area contributed by atoms with Gasteiger partial charge < -0.3 is 15.1 Å². The van der Waals surface area contributed by atoms with Gasteiger partial charge in [0.1, 0.15) is 0 Å². The molecule has 2 saturated heterocycles. The lowest BCUT2D eigenvalue weighted by Crippen LogP contribution is -2.52. The van der Waals surface area contributed by atoms with E-state index in [4.69, 9.17) is 0 Å². The molecule has 2 fully saturated rings. The average molecular weight is 268 g/mol. The second-order valence-corrected chi connectivity index (χ2v) is 5.58. The Morgan fingerprint density at radius 3 is 2.42 bits per heavy atom. The van der Waals surface area contributed by atoms with Gasteiger partial charge in [-0.2, -0.15) is 0 Å². The Morgan fingerprint density at radius 2 is 1.89 bits per heavy atom. The Hall–Kier alpha value is -1.14. The fourth-order valence-corrected chi connectivity index (χ4v) is 2.58. The smallest absolute Gasteiger partial charge is 0.236 e. The van der Waals surface area contributed by atoms with Crippen molar-refractivity contribution in [1.29, 1.82) is 0 Å². The van der Waals surface area contributed by atoms with Crippen molar-refractivity contribution in [3.8, 4) is 0 Å². The van der Waals surface area contributed by atoms with Gasteiger partial charge in [0.15, 0.2) is 0 Å². The van der Waals surface area contributed by atoms with Crippen LogP contribution in [-0.2, 0) is 9.59 Å². The van der Waals surface area contributed by atoms with Gasteiger partial charge >= 0.3 is 0 Å². The number of carbonyl (C=O) groups is 2. The molecular weight excluding hydrogens is 244 g/mol. The molecule has 0 aromatic carbocycles. The van der Waals surface area contributed by atoms with Crippen molar-refractivity contribution in [3.05, 3.63) is 0 Å². The number of nitrogens with one attached hydrogen (secondary N) is 1. The number of piperazine rings is 1. The number of hydrogen-bond donors (Lipinski definition) is 1. The first-order valence-corrected chi connectivity index (χ1v) is 7.00. The summed E-state index contributed by atoms with van der Waals surface area (Å²) in [6, 6.07) is 0. The lowest BCUT2D eigenvalue weighted by Gasteiger charge is -2.35. The molecule has 0 aromatic rings. The molecule has 0 spiro atoms. The molecule has 1 unspecified atom stereocenters. The zero-order valence-electron chi connectivity index (χ0n) is 11.9. The molecule has 0 radical (unpaired) electrons. The number of amides is 2. The van der Waals surface area contributed by atoms with Gasteiger partial charge in [-0.3, -0.25) is 14.5 Å². The topological polar surface area (TPSA) is 55.9 Å². The fourth-order valence-electron chi connectivity index (χ4n) is 2.58. The van der Waals surface area contributed by atoms with Crippen LogP contribution >= 0.6 is 0 Å². The molecule has 2 aliphatic rings. The van der Waals surface area contributed by atoms with Crippen molar-refractivity contribution >= 4 is 11.8 Å². The van der Waals surface area contributed by atoms with E-state index in [0.717, 1.165) is 45.7 Å². The predicted octanol–water partition coefficient (Wildman–Crippen LogP) is -1.17. The summed E-state index contributed by atoms with van der Waals surface area (Å²) in [4.78, 5) is 29.6. The molecule has 0 bridgehead atoms. The third-order valence-electron chi connectivity index (χ3n) is 3.95. The summed E-state index contributed by atoms with van der Waals surface area (Å²) < 4.78 is 0. The Kier molecular flexibility index (Phi) is 4.76. The monoisotopic (exact) mass is 268 g/mol. The average Bonchev–Trinajstić information content (AvgIpc) is 2.92. The highest BCUT2D eigenvalue weighted by molar-refractivity contribution is 5.80. The van der Waals surface area contributed by atoms with E-state index in [9.17, 15) is 9.59 Å². The molecule has 6 nitrogen and oxygen atoms in total. The van der Waals surface area contributed by atoms with Crippen molar-refractivity contribution in [2.75, 3.05) is 59.9 Å². The van der Waals surface area contributed by atoms with Gasteiger partial charge in [-0.25, -0.2) is 0 Å². The predicted molar refractivity (Wildman–Crippen MR) is 72.7 cm³/mol. The van der Waals surface area contributed by atoms with Crippen LogP contribution in [0.15, 0.2) is 0 Å². The van der Waals surface area contributed by atoms with Gasteiger partial charge in [0, 0.05) is 46.8 Å². The maximum Gasteiger partial charge on any atom is 0.236 e. The van der Waals surface area contributed by atoms with Crippen molar-refractivity contribution in [2.24, 2.45) is 5.92 Å². The SMILES string of the molecule is CN(C)C(=O)CN1CCN(C(=O)C2CCNC2)CC1. The first-order chi connectivity index (χ1) is 9.08. The molecule has 0 aliphatic carbocycles. The van der Waals surface area contributed by atoms with Gasteiger partial charge in [-0.05, 0) is 13.0 Å². The second kappa shape index (κ2) is 6.34. The lowest BCUT2D eigenvalue weighted by molar-refractivity contribution is -0.137. The van der Waals surface area contributed by atoms with Crippen LogP contribution in [0.5, 0.6) is 0 Å². The first kappa shape index (κ1) is 14.3. The van der Waals surface area contributed by atoms with Gasteiger partial charge in [0.25, 0.3) is 0 Å². The van der Waals surface area contributed by atoms with Crippen LogP contribution in [0.1, 0.15) is 6.42 Å².